The number of fused-ring (bicyclic) bond motifs is 2. The summed E-state index contributed by atoms with van der Waals surface area (Å²) in [6.45, 7) is 2.11. The van der Waals surface area contributed by atoms with Crippen LogP contribution >= 0.6 is 0 Å². The van der Waals surface area contributed by atoms with Crippen LogP contribution in [0.5, 0.6) is 0 Å². The predicted octanol–water partition coefficient (Wildman–Crippen LogP) is 4.43. The normalized spacial score (nSPS) is 16.8. The molecule has 2 nitrogen and oxygen atoms in total. The lowest BCUT2D eigenvalue weighted by Crippen LogP contribution is -2.35. The second-order valence-electron chi connectivity index (χ2n) is 5.88. The lowest BCUT2D eigenvalue weighted by Gasteiger charge is -2.23. The van der Waals surface area contributed by atoms with Crippen molar-refractivity contribution in [2.45, 2.75) is 19.4 Å². The van der Waals surface area contributed by atoms with Crippen molar-refractivity contribution in [3.63, 3.8) is 0 Å². The van der Waals surface area contributed by atoms with Crippen molar-refractivity contribution >= 4 is 22.4 Å². The summed E-state index contributed by atoms with van der Waals surface area (Å²) in [6, 6.07) is 22.4. The number of amides is 1. The summed E-state index contributed by atoms with van der Waals surface area (Å²) < 4.78 is 0. The molecule has 1 atom stereocenters. The van der Waals surface area contributed by atoms with Gasteiger partial charge in [0, 0.05) is 17.3 Å². The van der Waals surface area contributed by atoms with Crippen LogP contribution in [0.25, 0.3) is 10.8 Å². The van der Waals surface area contributed by atoms with Crippen molar-refractivity contribution < 1.29 is 4.79 Å². The van der Waals surface area contributed by atoms with Crippen molar-refractivity contribution in [1.82, 2.24) is 0 Å². The van der Waals surface area contributed by atoms with Gasteiger partial charge in [0.05, 0.1) is 0 Å². The average Bonchev–Trinajstić information content (AvgIpc) is 2.89. The molecule has 0 saturated heterocycles. The highest BCUT2D eigenvalue weighted by Crippen LogP contribution is 2.34. The third-order valence-electron chi connectivity index (χ3n) is 4.45. The number of hydrogen-bond acceptors (Lipinski definition) is 1. The Morgan fingerprint density at radius 3 is 2.59 bits per heavy atom. The Bertz CT molecular complexity index is 863. The second-order valence-corrected chi connectivity index (χ2v) is 5.88. The molecule has 0 bridgehead atoms. The fourth-order valence-corrected chi connectivity index (χ4v) is 3.42. The van der Waals surface area contributed by atoms with E-state index in [-0.39, 0.29) is 11.9 Å². The lowest BCUT2D eigenvalue weighted by atomic mass is 10.0. The molecule has 0 aromatic heterocycles. The maximum Gasteiger partial charge on any atom is 0.259 e. The summed E-state index contributed by atoms with van der Waals surface area (Å²) in [4.78, 5) is 15.1. The number of nitrogens with zero attached hydrogens (tertiary/aromatic N) is 1. The Labute approximate surface area is 130 Å². The fourth-order valence-electron chi connectivity index (χ4n) is 3.42. The minimum Gasteiger partial charge on any atom is -0.305 e. The molecule has 0 aliphatic carbocycles. The summed E-state index contributed by atoms with van der Waals surface area (Å²) in [5.41, 5.74) is 3.08. The van der Waals surface area contributed by atoms with Gasteiger partial charge >= 0.3 is 0 Å². The first-order valence-electron chi connectivity index (χ1n) is 7.65. The summed E-state index contributed by atoms with van der Waals surface area (Å²) in [7, 11) is 0. The number of rotatable bonds is 1. The molecule has 0 spiro atoms. The van der Waals surface area contributed by atoms with Crippen LogP contribution in [0.4, 0.5) is 5.69 Å². The molecular weight excluding hydrogens is 270 g/mol. The van der Waals surface area contributed by atoms with E-state index in [4.69, 9.17) is 0 Å². The SMILES string of the molecule is C[C@@H]1Cc2ccccc2N1C(=O)c1cccc2ccccc12. The summed E-state index contributed by atoms with van der Waals surface area (Å²) >= 11 is 0. The highest BCUT2D eigenvalue weighted by Gasteiger charge is 2.31. The van der Waals surface area contributed by atoms with Gasteiger partial charge in [0.2, 0.25) is 0 Å². The Balaban J connectivity index is 1.85. The van der Waals surface area contributed by atoms with Crippen molar-refractivity contribution in [3.8, 4) is 0 Å². The smallest absolute Gasteiger partial charge is 0.259 e. The van der Waals surface area contributed by atoms with Gasteiger partial charge in [-0.3, -0.25) is 4.79 Å². The van der Waals surface area contributed by atoms with E-state index < -0.39 is 0 Å². The molecule has 22 heavy (non-hydrogen) atoms. The van der Waals surface area contributed by atoms with Crippen molar-refractivity contribution in [2.75, 3.05) is 4.90 Å². The van der Waals surface area contributed by atoms with E-state index in [2.05, 4.69) is 13.0 Å². The molecule has 0 N–H and O–H groups in total. The average molecular weight is 287 g/mol. The van der Waals surface area contributed by atoms with Crippen LogP contribution < -0.4 is 4.90 Å². The molecule has 0 unspecified atom stereocenters. The van der Waals surface area contributed by atoms with Crippen LogP contribution in [0.15, 0.2) is 66.7 Å². The Morgan fingerprint density at radius 1 is 0.955 bits per heavy atom. The molecular formula is C20H17NO. The van der Waals surface area contributed by atoms with E-state index in [1.54, 1.807) is 0 Å². The van der Waals surface area contributed by atoms with E-state index in [0.29, 0.717) is 0 Å². The van der Waals surface area contributed by atoms with Crippen molar-refractivity contribution in [3.05, 3.63) is 77.9 Å². The van der Waals surface area contributed by atoms with Crippen molar-refractivity contribution in [2.24, 2.45) is 0 Å². The number of hydrogen-bond donors (Lipinski definition) is 0. The molecule has 2 heteroatoms. The molecule has 4 rings (SSSR count). The van der Waals surface area contributed by atoms with Crippen LogP contribution in [0.1, 0.15) is 22.8 Å². The number of anilines is 1. The van der Waals surface area contributed by atoms with Crippen LogP contribution in [0, 0.1) is 0 Å². The second kappa shape index (κ2) is 4.99. The minimum absolute atomic E-state index is 0.0919. The maximum absolute atomic E-state index is 13.2. The van der Waals surface area contributed by atoms with Gasteiger partial charge in [0.1, 0.15) is 0 Å². The molecule has 108 valence electrons. The molecule has 1 aliphatic heterocycles. The van der Waals surface area contributed by atoms with Gasteiger partial charge in [-0.2, -0.15) is 0 Å². The van der Waals surface area contributed by atoms with Crippen LogP contribution in [0.2, 0.25) is 0 Å². The molecule has 1 amide bonds. The van der Waals surface area contributed by atoms with Crippen LogP contribution in [-0.4, -0.2) is 11.9 Å². The van der Waals surface area contributed by atoms with Gasteiger partial charge in [-0.25, -0.2) is 0 Å². The van der Waals surface area contributed by atoms with Gasteiger partial charge in [-0.1, -0.05) is 54.6 Å². The minimum atomic E-state index is 0.0919. The number of carbonyl (C=O) groups is 1. The summed E-state index contributed by atoms with van der Waals surface area (Å²) in [6.07, 6.45) is 0.923. The van der Waals surface area contributed by atoms with Crippen LogP contribution in [0.3, 0.4) is 0 Å². The molecule has 1 aliphatic rings. The first-order chi connectivity index (χ1) is 10.8. The molecule has 0 saturated carbocycles. The Morgan fingerprint density at radius 2 is 1.68 bits per heavy atom. The zero-order chi connectivity index (χ0) is 15.1. The van der Waals surface area contributed by atoms with E-state index in [9.17, 15) is 4.79 Å². The largest absolute Gasteiger partial charge is 0.305 e. The molecule has 1 heterocycles. The monoisotopic (exact) mass is 287 g/mol. The van der Waals surface area contributed by atoms with Crippen LogP contribution in [-0.2, 0) is 6.42 Å². The van der Waals surface area contributed by atoms with Gasteiger partial charge in [0.15, 0.2) is 0 Å². The third-order valence-corrected chi connectivity index (χ3v) is 4.45. The number of para-hydroxylation sites is 1. The molecule has 3 aromatic rings. The summed E-state index contributed by atoms with van der Waals surface area (Å²) in [5.74, 6) is 0.0919. The predicted molar refractivity (Wildman–Crippen MR) is 90.4 cm³/mol. The standard InChI is InChI=1S/C20H17NO/c1-14-13-16-8-3-5-12-19(16)21(14)20(22)18-11-6-9-15-7-2-4-10-17(15)18/h2-12,14H,13H2,1H3/t14-/m1/s1. The fraction of sp³-hybridized carbons (Fsp3) is 0.150. The highest BCUT2D eigenvalue weighted by atomic mass is 16.2. The first-order valence-corrected chi connectivity index (χ1v) is 7.65. The number of benzene rings is 3. The molecule has 3 aromatic carbocycles. The third kappa shape index (κ3) is 1.92. The van der Waals surface area contributed by atoms with Gasteiger partial charge in [0.25, 0.3) is 5.91 Å². The van der Waals surface area contributed by atoms with Crippen molar-refractivity contribution in [1.29, 1.82) is 0 Å². The zero-order valence-corrected chi connectivity index (χ0v) is 12.5. The quantitative estimate of drug-likeness (QED) is 0.648. The van der Waals surface area contributed by atoms with E-state index in [0.717, 1.165) is 28.4 Å². The zero-order valence-electron chi connectivity index (χ0n) is 12.5. The van der Waals surface area contributed by atoms with Gasteiger partial charge in [-0.05, 0) is 41.8 Å². The molecule has 0 radical (unpaired) electrons. The topological polar surface area (TPSA) is 20.3 Å². The van der Waals surface area contributed by atoms with E-state index in [1.165, 1.54) is 5.56 Å². The van der Waals surface area contributed by atoms with Gasteiger partial charge < -0.3 is 4.90 Å². The Hall–Kier alpha value is -2.61. The van der Waals surface area contributed by atoms with E-state index in [1.807, 2.05) is 65.6 Å². The number of carbonyl (C=O) groups excluding carboxylic acids is 1. The maximum atomic E-state index is 13.2. The first kappa shape index (κ1) is 13.1. The highest BCUT2D eigenvalue weighted by molar-refractivity contribution is 6.15. The van der Waals surface area contributed by atoms with E-state index >= 15 is 0 Å². The lowest BCUT2D eigenvalue weighted by molar-refractivity contribution is 0.0983. The molecule has 0 fully saturated rings. The summed E-state index contributed by atoms with van der Waals surface area (Å²) in [5, 5.41) is 2.13. The Kier molecular flexibility index (Phi) is 2.97. The van der Waals surface area contributed by atoms with Gasteiger partial charge in [-0.15, -0.1) is 0 Å².